The van der Waals surface area contributed by atoms with Crippen molar-refractivity contribution in [3.8, 4) is 0 Å². The van der Waals surface area contributed by atoms with E-state index in [0.717, 1.165) is 0 Å². The molecule has 0 spiro atoms. The molecule has 1 aromatic heterocycles. The van der Waals surface area contributed by atoms with E-state index in [9.17, 15) is 9.18 Å². The van der Waals surface area contributed by atoms with E-state index in [0.29, 0.717) is 29.8 Å². The molecule has 1 heterocycles. The Morgan fingerprint density at radius 2 is 2.14 bits per heavy atom. The van der Waals surface area contributed by atoms with Gasteiger partial charge in [-0.05, 0) is 37.3 Å². The van der Waals surface area contributed by atoms with E-state index in [4.69, 9.17) is 5.73 Å². The summed E-state index contributed by atoms with van der Waals surface area (Å²) >= 11 is 3.48. The van der Waals surface area contributed by atoms with Crippen molar-refractivity contribution in [2.75, 3.05) is 5.73 Å². The smallest absolute Gasteiger partial charge is 0.220 e. The van der Waals surface area contributed by atoms with Crippen molar-refractivity contribution in [3.63, 3.8) is 0 Å². The Bertz CT molecular complexity index is 671. The number of halogens is 2. The maximum Gasteiger partial charge on any atom is 0.220 e. The Labute approximate surface area is 130 Å². The van der Waals surface area contributed by atoms with Gasteiger partial charge in [0, 0.05) is 11.2 Å². The molecule has 0 fully saturated rings. The highest BCUT2D eigenvalue weighted by molar-refractivity contribution is 9.09. The van der Waals surface area contributed by atoms with Crippen LogP contribution in [0.5, 0.6) is 0 Å². The molecule has 3 atom stereocenters. The Morgan fingerprint density at radius 1 is 1.38 bits per heavy atom. The predicted octanol–water partition coefficient (Wildman–Crippen LogP) is 2.92. The maximum atomic E-state index is 13.2. The van der Waals surface area contributed by atoms with Gasteiger partial charge >= 0.3 is 0 Å². The molecule has 4 nitrogen and oxygen atoms in total. The van der Waals surface area contributed by atoms with Crippen LogP contribution in [0.4, 0.5) is 10.3 Å². The number of nitrogens with zero attached hydrogens (tertiary/aromatic N) is 2. The maximum absolute atomic E-state index is 13.2. The van der Waals surface area contributed by atoms with E-state index in [2.05, 4.69) is 25.9 Å². The number of aromatic nitrogens is 2. The normalized spacial score (nSPS) is 28.2. The van der Waals surface area contributed by atoms with Crippen LogP contribution in [0.15, 0.2) is 24.1 Å². The van der Waals surface area contributed by atoms with Crippen molar-refractivity contribution in [1.29, 1.82) is 0 Å². The number of carbonyl (C=O) groups is 1. The van der Waals surface area contributed by atoms with E-state index in [1.807, 2.05) is 6.08 Å². The van der Waals surface area contributed by atoms with Crippen molar-refractivity contribution in [3.05, 3.63) is 41.0 Å². The molecule has 110 valence electrons. The molecule has 0 saturated heterocycles. The van der Waals surface area contributed by atoms with Gasteiger partial charge in [0.25, 0.3) is 0 Å². The summed E-state index contributed by atoms with van der Waals surface area (Å²) in [7, 11) is 0. The largest absolute Gasteiger partial charge is 0.368 e. The zero-order valence-electron chi connectivity index (χ0n) is 11.5. The number of hydrogen-bond donors (Lipinski definition) is 1. The zero-order valence-corrected chi connectivity index (χ0v) is 13.1. The van der Waals surface area contributed by atoms with E-state index >= 15 is 0 Å². The molecule has 0 bridgehead atoms. The molecule has 0 aromatic carbocycles. The average molecular weight is 352 g/mol. The van der Waals surface area contributed by atoms with Crippen molar-refractivity contribution in [2.24, 2.45) is 11.8 Å². The summed E-state index contributed by atoms with van der Waals surface area (Å²) in [6, 6.07) is 0. The molecule has 6 heteroatoms. The van der Waals surface area contributed by atoms with Gasteiger partial charge in [-0.3, -0.25) is 4.79 Å². The number of nitrogens with two attached hydrogens (primary N) is 1. The van der Waals surface area contributed by atoms with E-state index in [-0.39, 0.29) is 34.2 Å². The molecule has 0 radical (unpaired) electrons. The van der Waals surface area contributed by atoms with Gasteiger partial charge in [0.1, 0.15) is 5.83 Å². The fourth-order valence-corrected chi connectivity index (χ4v) is 4.00. The van der Waals surface area contributed by atoms with Gasteiger partial charge in [0.15, 0.2) is 5.78 Å². The summed E-state index contributed by atoms with van der Waals surface area (Å²) in [6.45, 7) is 1.78. The van der Waals surface area contributed by atoms with Gasteiger partial charge in [-0.2, -0.15) is 0 Å². The molecule has 21 heavy (non-hydrogen) atoms. The second kappa shape index (κ2) is 5.33. The van der Waals surface area contributed by atoms with E-state index in [1.165, 1.54) is 12.2 Å². The summed E-state index contributed by atoms with van der Waals surface area (Å²) in [5.41, 5.74) is 7.64. The molecule has 3 rings (SSSR count). The zero-order chi connectivity index (χ0) is 15.1. The standard InChI is InChI=1S/C15H15BrFN3O/c1-7-14-12(20-15(18)19-7)4-8(5-13(14)21)10-3-2-9(17)6-11(10)16/h2-3,6,8,10-11H,4-5H2,1H3,(H2,18,19,20)/t8-,10?,11?/m1/s1. The van der Waals surface area contributed by atoms with Crippen molar-refractivity contribution in [2.45, 2.75) is 24.6 Å². The summed E-state index contributed by atoms with van der Waals surface area (Å²) in [5, 5.41) is 0. The minimum Gasteiger partial charge on any atom is -0.368 e. The van der Waals surface area contributed by atoms with Crippen LogP contribution in [-0.4, -0.2) is 20.6 Å². The SMILES string of the molecule is Cc1nc(N)nc2c1C(=O)C[C@H](C1C=CC(F)=CC1Br)C2. The topological polar surface area (TPSA) is 68.9 Å². The summed E-state index contributed by atoms with van der Waals surface area (Å²) in [5.74, 6) is 0.141. The first-order chi connectivity index (χ1) is 9.95. The number of ketones is 1. The number of fused-ring (bicyclic) bond motifs is 1. The molecular formula is C15H15BrFN3O. The Kier molecular flexibility index (Phi) is 3.65. The first kappa shape index (κ1) is 14.4. The van der Waals surface area contributed by atoms with Crippen LogP contribution >= 0.6 is 15.9 Å². The molecule has 2 unspecified atom stereocenters. The minimum absolute atomic E-state index is 0.0434. The van der Waals surface area contributed by atoms with Gasteiger partial charge in [0.05, 0.1) is 17.0 Å². The van der Waals surface area contributed by atoms with E-state index < -0.39 is 0 Å². The van der Waals surface area contributed by atoms with Crippen LogP contribution in [0.2, 0.25) is 0 Å². The van der Waals surface area contributed by atoms with Gasteiger partial charge in [0.2, 0.25) is 5.95 Å². The quantitative estimate of drug-likeness (QED) is 0.789. The Hall–Kier alpha value is -1.56. The number of allylic oxidation sites excluding steroid dienone is 4. The van der Waals surface area contributed by atoms with Gasteiger partial charge in [-0.1, -0.05) is 22.0 Å². The molecule has 1 aromatic rings. The highest BCUT2D eigenvalue weighted by Gasteiger charge is 2.35. The van der Waals surface area contributed by atoms with Crippen LogP contribution in [0.1, 0.15) is 28.2 Å². The minimum atomic E-state index is -0.252. The third kappa shape index (κ3) is 2.64. The molecule has 2 aliphatic rings. The van der Waals surface area contributed by atoms with Crippen LogP contribution < -0.4 is 5.73 Å². The Morgan fingerprint density at radius 3 is 2.86 bits per heavy atom. The summed E-state index contributed by atoms with van der Waals surface area (Å²) in [6.07, 6.45) is 5.90. The number of Topliss-reactive ketones (excluding diaryl/α,β-unsaturated/α-hetero) is 1. The number of aryl methyl sites for hydroxylation is 1. The second-order valence-corrected chi connectivity index (χ2v) is 6.57. The summed E-state index contributed by atoms with van der Waals surface area (Å²) < 4.78 is 13.2. The second-order valence-electron chi connectivity index (χ2n) is 5.51. The predicted molar refractivity (Wildman–Crippen MR) is 81.9 cm³/mol. The number of hydrogen-bond acceptors (Lipinski definition) is 4. The lowest BCUT2D eigenvalue weighted by Gasteiger charge is -2.32. The molecule has 2 aliphatic carbocycles. The van der Waals surface area contributed by atoms with Crippen LogP contribution in [0, 0.1) is 18.8 Å². The molecule has 0 aliphatic heterocycles. The summed E-state index contributed by atoms with van der Waals surface area (Å²) in [4.78, 5) is 20.6. The van der Waals surface area contributed by atoms with Crippen molar-refractivity contribution >= 4 is 27.7 Å². The van der Waals surface area contributed by atoms with Gasteiger partial charge in [-0.25, -0.2) is 14.4 Å². The molecule has 0 saturated carbocycles. The third-order valence-electron chi connectivity index (χ3n) is 4.07. The molecule has 2 N–H and O–H groups in total. The monoisotopic (exact) mass is 351 g/mol. The Balaban J connectivity index is 1.92. The van der Waals surface area contributed by atoms with Crippen LogP contribution in [0.3, 0.4) is 0 Å². The lowest BCUT2D eigenvalue weighted by molar-refractivity contribution is 0.0933. The third-order valence-corrected chi connectivity index (χ3v) is 4.95. The highest BCUT2D eigenvalue weighted by Crippen LogP contribution is 2.37. The fraction of sp³-hybridized carbons (Fsp3) is 0.400. The number of nitrogen functional groups attached to an aromatic ring is 1. The number of anilines is 1. The van der Waals surface area contributed by atoms with Crippen LogP contribution in [-0.2, 0) is 6.42 Å². The van der Waals surface area contributed by atoms with Gasteiger partial charge < -0.3 is 5.73 Å². The molecule has 0 amide bonds. The lowest BCUT2D eigenvalue weighted by atomic mass is 9.75. The fourth-order valence-electron chi connectivity index (χ4n) is 3.14. The molecular weight excluding hydrogens is 337 g/mol. The first-order valence-corrected chi connectivity index (χ1v) is 7.73. The lowest BCUT2D eigenvalue weighted by Crippen LogP contribution is -2.32. The number of carbonyl (C=O) groups excluding carboxylic acids is 1. The van der Waals surface area contributed by atoms with Gasteiger partial charge in [-0.15, -0.1) is 0 Å². The van der Waals surface area contributed by atoms with Crippen LogP contribution in [0.25, 0.3) is 0 Å². The number of rotatable bonds is 1. The average Bonchev–Trinajstić information content (AvgIpc) is 2.36. The van der Waals surface area contributed by atoms with Crippen molar-refractivity contribution in [1.82, 2.24) is 9.97 Å². The van der Waals surface area contributed by atoms with Crippen molar-refractivity contribution < 1.29 is 9.18 Å². The highest BCUT2D eigenvalue weighted by atomic mass is 79.9. The van der Waals surface area contributed by atoms with E-state index in [1.54, 1.807) is 6.92 Å². The first-order valence-electron chi connectivity index (χ1n) is 6.81. The number of alkyl halides is 1.